The molecule has 0 aromatic carbocycles. The second-order valence-corrected chi connectivity index (χ2v) is 7.64. The molecule has 1 heterocycles. The highest BCUT2D eigenvalue weighted by molar-refractivity contribution is 4.87. The maximum atomic E-state index is 9.73. The largest absolute Gasteiger partial charge is 0.396 e. The highest BCUT2D eigenvalue weighted by Gasteiger charge is 2.34. The zero-order valence-corrected chi connectivity index (χ0v) is 13.8. The summed E-state index contributed by atoms with van der Waals surface area (Å²) in [6.45, 7) is 9.82. The number of rotatable bonds is 6. The van der Waals surface area contributed by atoms with E-state index in [4.69, 9.17) is 0 Å². The molecular formula is C17H34N2O. The van der Waals surface area contributed by atoms with E-state index in [-0.39, 0.29) is 5.41 Å². The Morgan fingerprint density at radius 2 is 1.80 bits per heavy atom. The summed E-state index contributed by atoms with van der Waals surface area (Å²) in [5.41, 5.74) is 0.216. The first-order valence-corrected chi connectivity index (χ1v) is 8.58. The van der Waals surface area contributed by atoms with Crippen LogP contribution < -0.4 is 0 Å². The third kappa shape index (κ3) is 4.19. The van der Waals surface area contributed by atoms with Crippen molar-refractivity contribution in [1.82, 2.24) is 9.80 Å². The van der Waals surface area contributed by atoms with E-state index < -0.39 is 0 Å². The van der Waals surface area contributed by atoms with Gasteiger partial charge in [0.05, 0.1) is 0 Å². The second kappa shape index (κ2) is 7.24. The van der Waals surface area contributed by atoms with Crippen LogP contribution in [0.1, 0.15) is 52.4 Å². The molecule has 1 N–H and O–H groups in total. The van der Waals surface area contributed by atoms with Gasteiger partial charge in [0.15, 0.2) is 0 Å². The lowest BCUT2D eigenvalue weighted by Gasteiger charge is -2.38. The van der Waals surface area contributed by atoms with Gasteiger partial charge in [0, 0.05) is 31.2 Å². The van der Waals surface area contributed by atoms with Crippen LogP contribution in [0.5, 0.6) is 0 Å². The van der Waals surface area contributed by atoms with Gasteiger partial charge in [-0.25, -0.2) is 0 Å². The molecule has 0 aromatic heterocycles. The zero-order valence-electron chi connectivity index (χ0n) is 13.8. The van der Waals surface area contributed by atoms with Gasteiger partial charge >= 0.3 is 0 Å². The van der Waals surface area contributed by atoms with Gasteiger partial charge < -0.3 is 14.9 Å². The molecule has 0 amide bonds. The molecule has 20 heavy (non-hydrogen) atoms. The average Bonchev–Trinajstić information content (AvgIpc) is 2.88. The number of piperidine rings is 1. The van der Waals surface area contributed by atoms with Crippen molar-refractivity contribution < 1.29 is 5.11 Å². The first kappa shape index (κ1) is 16.3. The van der Waals surface area contributed by atoms with E-state index in [1.54, 1.807) is 0 Å². The van der Waals surface area contributed by atoms with E-state index in [9.17, 15) is 5.11 Å². The molecule has 0 spiro atoms. The average molecular weight is 282 g/mol. The molecule has 1 saturated carbocycles. The molecule has 0 bridgehead atoms. The fourth-order valence-corrected chi connectivity index (χ4v) is 4.22. The highest BCUT2D eigenvalue weighted by atomic mass is 16.3. The fourth-order valence-electron chi connectivity index (χ4n) is 4.22. The lowest BCUT2D eigenvalue weighted by molar-refractivity contribution is 0.0709. The fraction of sp³-hybridized carbons (Fsp3) is 1.00. The zero-order chi connectivity index (χ0) is 14.6. The Morgan fingerprint density at radius 1 is 1.20 bits per heavy atom. The Bertz CT molecular complexity index is 279. The van der Waals surface area contributed by atoms with Crippen molar-refractivity contribution in [3.8, 4) is 0 Å². The van der Waals surface area contributed by atoms with Crippen LogP contribution in [0.2, 0.25) is 0 Å². The Hall–Kier alpha value is -0.120. The van der Waals surface area contributed by atoms with Gasteiger partial charge in [-0.15, -0.1) is 0 Å². The number of aliphatic hydroxyl groups is 1. The van der Waals surface area contributed by atoms with Gasteiger partial charge in [0.1, 0.15) is 0 Å². The molecule has 3 nitrogen and oxygen atoms in total. The maximum Gasteiger partial charge on any atom is 0.0499 e. The minimum atomic E-state index is 0.216. The Balaban J connectivity index is 1.73. The molecule has 0 aromatic rings. The second-order valence-electron chi connectivity index (χ2n) is 7.64. The molecule has 2 aliphatic rings. The van der Waals surface area contributed by atoms with Crippen molar-refractivity contribution in [2.75, 3.05) is 39.8 Å². The van der Waals surface area contributed by atoms with Crippen LogP contribution >= 0.6 is 0 Å². The Morgan fingerprint density at radius 3 is 2.30 bits per heavy atom. The van der Waals surface area contributed by atoms with Crippen LogP contribution in [0.25, 0.3) is 0 Å². The van der Waals surface area contributed by atoms with Crippen LogP contribution in [-0.4, -0.2) is 60.8 Å². The molecule has 1 aliphatic carbocycles. The maximum absolute atomic E-state index is 9.73. The smallest absolute Gasteiger partial charge is 0.0499 e. The minimum absolute atomic E-state index is 0.216. The summed E-state index contributed by atoms with van der Waals surface area (Å²) in [5.74, 6) is 0.854. The number of likely N-dealkylation sites (tertiary alicyclic amines) is 1. The standard InChI is InChI=1S/C17H34N2O/c1-15(2)19-10-6-16(7-11-19)12-18(3)13-17(14-20)8-4-5-9-17/h15-16,20H,4-14H2,1-3H3. The predicted molar refractivity (Wildman–Crippen MR) is 84.9 cm³/mol. The molecule has 118 valence electrons. The highest BCUT2D eigenvalue weighted by Crippen LogP contribution is 2.38. The summed E-state index contributed by atoms with van der Waals surface area (Å²) in [4.78, 5) is 5.10. The van der Waals surface area contributed by atoms with E-state index in [0.717, 1.165) is 12.5 Å². The molecule has 2 fully saturated rings. The normalized spacial score (nSPS) is 24.9. The lowest BCUT2D eigenvalue weighted by Crippen LogP contribution is -2.43. The van der Waals surface area contributed by atoms with Crippen LogP contribution in [-0.2, 0) is 0 Å². The first-order valence-electron chi connectivity index (χ1n) is 8.58. The number of hydrogen-bond donors (Lipinski definition) is 1. The number of hydrogen-bond acceptors (Lipinski definition) is 3. The van der Waals surface area contributed by atoms with Gasteiger partial charge in [-0.1, -0.05) is 12.8 Å². The lowest BCUT2D eigenvalue weighted by atomic mass is 9.86. The van der Waals surface area contributed by atoms with Crippen molar-refractivity contribution in [3.05, 3.63) is 0 Å². The summed E-state index contributed by atoms with van der Waals surface area (Å²) in [7, 11) is 2.25. The van der Waals surface area contributed by atoms with Gasteiger partial charge in [0.25, 0.3) is 0 Å². The number of aliphatic hydroxyl groups excluding tert-OH is 1. The van der Waals surface area contributed by atoms with Crippen molar-refractivity contribution in [1.29, 1.82) is 0 Å². The molecule has 0 unspecified atom stereocenters. The predicted octanol–water partition coefficient (Wildman–Crippen LogP) is 2.59. The first-order chi connectivity index (χ1) is 9.54. The molecule has 1 aliphatic heterocycles. The van der Waals surface area contributed by atoms with Gasteiger partial charge in [-0.2, -0.15) is 0 Å². The molecule has 0 atom stereocenters. The van der Waals surface area contributed by atoms with E-state index in [1.807, 2.05) is 0 Å². The van der Waals surface area contributed by atoms with Crippen molar-refractivity contribution >= 4 is 0 Å². The summed E-state index contributed by atoms with van der Waals surface area (Å²) >= 11 is 0. The van der Waals surface area contributed by atoms with Crippen molar-refractivity contribution in [2.24, 2.45) is 11.3 Å². The third-order valence-corrected chi connectivity index (χ3v) is 5.55. The summed E-state index contributed by atoms with van der Waals surface area (Å²) < 4.78 is 0. The van der Waals surface area contributed by atoms with E-state index in [0.29, 0.717) is 12.6 Å². The van der Waals surface area contributed by atoms with Gasteiger partial charge in [-0.3, -0.25) is 0 Å². The topological polar surface area (TPSA) is 26.7 Å². The number of nitrogens with zero attached hydrogens (tertiary/aromatic N) is 2. The molecule has 0 radical (unpaired) electrons. The van der Waals surface area contributed by atoms with E-state index in [2.05, 4.69) is 30.7 Å². The summed E-state index contributed by atoms with van der Waals surface area (Å²) in [6, 6.07) is 0.699. The SMILES string of the molecule is CC(C)N1CCC(CN(C)CC2(CO)CCCC2)CC1. The molecule has 1 saturated heterocycles. The van der Waals surface area contributed by atoms with Crippen molar-refractivity contribution in [2.45, 2.75) is 58.4 Å². The minimum Gasteiger partial charge on any atom is -0.396 e. The Labute approximate surface area is 125 Å². The van der Waals surface area contributed by atoms with Crippen LogP contribution in [0.4, 0.5) is 0 Å². The van der Waals surface area contributed by atoms with Gasteiger partial charge in [-0.05, 0) is 65.6 Å². The van der Waals surface area contributed by atoms with Crippen LogP contribution in [0, 0.1) is 11.3 Å². The molecular weight excluding hydrogens is 248 g/mol. The monoisotopic (exact) mass is 282 g/mol. The van der Waals surface area contributed by atoms with E-state index >= 15 is 0 Å². The van der Waals surface area contributed by atoms with Crippen molar-refractivity contribution in [3.63, 3.8) is 0 Å². The van der Waals surface area contributed by atoms with Crippen LogP contribution in [0.3, 0.4) is 0 Å². The summed E-state index contributed by atoms with van der Waals surface area (Å²) in [5, 5.41) is 9.73. The van der Waals surface area contributed by atoms with E-state index in [1.165, 1.54) is 58.2 Å². The molecule has 3 heteroatoms. The summed E-state index contributed by atoms with van der Waals surface area (Å²) in [6.07, 6.45) is 7.74. The quantitative estimate of drug-likeness (QED) is 0.811. The van der Waals surface area contributed by atoms with Crippen LogP contribution in [0.15, 0.2) is 0 Å². The van der Waals surface area contributed by atoms with Gasteiger partial charge in [0.2, 0.25) is 0 Å². The molecule has 2 rings (SSSR count). The third-order valence-electron chi connectivity index (χ3n) is 5.55. The Kier molecular flexibility index (Phi) is 5.88.